The third-order valence-electron chi connectivity index (χ3n) is 5.75. The number of methoxy groups -OCH3 is 1. The van der Waals surface area contributed by atoms with Crippen molar-refractivity contribution in [2.75, 3.05) is 23.3 Å². The van der Waals surface area contributed by atoms with Gasteiger partial charge in [-0.25, -0.2) is 32.5 Å². The van der Waals surface area contributed by atoms with Crippen molar-refractivity contribution in [2.24, 2.45) is 0 Å². The first-order valence-electron chi connectivity index (χ1n) is 12.3. The number of benzene rings is 2. The van der Waals surface area contributed by atoms with Crippen molar-refractivity contribution in [1.29, 1.82) is 0 Å². The Balaban J connectivity index is 1.71. The number of nitrogens with one attached hydrogen (secondary N) is 1. The number of halogens is 5. The van der Waals surface area contributed by atoms with E-state index in [2.05, 4.69) is 24.4 Å². The average molecular weight is 640 g/mol. The number of hydrogen-bond acceptors (Lipinski definition) is 8. The maximum Gasteiger partial charge on any atom is 0.422 e. The lowest BCUT2D eigenvalue weighted by Gasteiger charge is -2.25. The molecule has 0 saturated carbocycles. The van der Waals surface area contributed by atoms with Gasteiger partial charge in [-0.05, 0) is 48.0 Å². The number of alkyl halides is 3. The van der Waals surface area contributed by atoms with Gasteiger partial charge in [0, 0.05) is 30.6 Å². The van der Waals surface area contributed by atoms with E-state index in [4.69, 9.17) is 16.3 Å². The zero-order chi connectivity index (χ0) is 31.4. The highest BCUT2D eigenvalue weighted by atomic mass is 35.5. The van der Waals surface area contributed by atoms with Gasteiger partial charge in [0.15, 0.2) is 18.2 Å². The molecule has 0 aliphatic heterocycles. The quantitative estimate of drug-likeness (QED) is 0.205. The van der Waals surface area contributed by atoms with Crippen LogP contribution in [-0.4, -0.2) is 49.2 Å². The minimum Gasteiger partial charge on any atom is -0.495 e. The smallest absolute Gasteiger partial charge is 0.422 e. The number of hydrogen-bond donors (Lipinski definition) is 1. The van der Waals surface area contributed by atoms with Crippen molar-refractivity contribution < 1.29 is 40.2 Å². The fraction of sp³-hybridized carbons (Fsp3) is 0.185. The predicted octanol–water partition coefficient (Wildman–Crippen LogP) is 6.16. The van der Waals surface area contributed by atoms with Crippen molar-refractivity contribution in [3.8, 4) is 22.6 Å². The van der Waals surface area contributed by atoms with E-state index in [-0.39, 0.29) is 50.7 Å². The molecule has 1 N–H and O–H groups in total. The number of amides is 1. The van der Waals surface area contributed by atoms with E-state index >= 15 is 0 Å². The zero-order valence-electron chi connectivity index (χ0n) is 22.4. The number of ether oxygens (including phenoxy) is 2. The number of pyridine rings is 1. The number of aromatic nitrogens is 3. The molecule has 2 heterocycles. The third-order valence-corrected chi connectivity index (χ3v) is 7.37. The standard InChI is InChI=1S/C27H22ClF4N5O5S/c1-3-25(38)37(24-8-6-17(14-35-24)43(39,40)36-26-33-9-4-10-34-26)21-13-19(28)18(12-23(21)41-2)16-5-7-20(29)22(11-16)42-15-27(30,31)32/h4-14H,3,15H2,1-2H3,(H,33,34,36). The Morgan fingerprint density at radius 2 is 1.77 bits per heavy atom. The van der Waals surface area contributed by atoms with Gasteiger partial charge in [0.25, 0.3) is 10.0 Å². The highest BCUT2D eigenvalue weighted by Crippen LogP contribution is 2.42. The van der Waals surface area contributed by atoms with Crippen LogP contribution in [0.15, 0.2) is 72.0 Å². The molecule has 0 spiro atoms. The first-order valence-corrected chi connectivity index (χ1v) is 14.1. The van der Waals surface area contributed by atoms with Crippen LogP contribution < -0.4 is 19.1 Å². The molecule has 16 heteroatoms. The second kappa shape index (κ2) is 12.8. The van der Waals surface area contributed by atoms with Gasteiger partial charge in [0.05, 0.1) is 17.8 Å². The molecule has 2 aromatic carbocycles. The summed E-state index contributed by atoms with van der Waals surface area (Å²) in [5.41, 5.74) is 0.591. The fourth-order valence-corrected chi connectivity index (χ4v) is 4.95. The molecule has 226 valence electrons. The normalized spacial score (nSPS) is 11.6. The van der Waals surface area contributed by atoms with Crippen molar-refractivity contribution in [2.45, 2.75) is 24.4 Å². The number of carbonyl (C=O) groups excluding carboxylic acids is 1. The van der Waals surface area contributed by atoms with Crippen LogP contribution in [0.25, 0.3) is 11.1 Å². The topological polar surface area (TPSA) is 124 Å². The van der Waals surface area contributed by atoms with Crippen LogP contribution in [0.4, 0.5) is 35.0 Å². The molecule has 0 fully saturated rings. The second-order valence-corrected chi connectivity index (χ2v) is 10.8. The summed E-state index contributed by atoms with van der Waals surface area (Å²) in [5, 5.41) is 0.0318. The van der Waals surface area contributed by atoms with Gasteiger partial charge in [-0.1, -0.05) is 24.6 Å². The zero-order valence-corrected chi connectivity index (χ0v) is 24.0. The highest BCUT2D eigenvalue weighted by molar-refractivity contribution is 7.92. The molecule has 4 aromatic rings. The summed E-state index contributed by atoms with van der Waals surface area (Å²) in [6, 6.07) is 10.1. The van der Waals surface area contributed by atoms with Gasteiger partial charge in [-0.3, -0.25) is 9.69 Å². The first-order chi connectivity index (χ1) is 20.3. The molecular formula is C27H22ClF4N5O5S. The SMILES string of the molecule is CCC(=O)N(c1ccc(S(=O)(=O)Nc2ncccn2)cn1)c1cc(Cl)c(-c2ccc(F)c(OCC(F)(F)F)c2)cc1OC. The molecule has 0 aliphatic carbocycles. The Bertz CT molecular complexity index is 1730. The predicted molar refractivity (Wildman–Crippen MR) is 149 cm³/mol. The lowest BCUT2D eigenvalue weighted by atomic mass is 10.0. The molecule has 1 amide bonds. The summed E-state index contributed by atoms with van der Waals surface area (Å²) < 4.78 is 89.9. The number of nitrogens with zero attached hydrogens (tertiary/aromatic N) is 4. The van der Waals surface area contributed by atoms with Crippen LogP contribution in [0.5, 0.6) is 11.5 Å². The third kappa shape index (κ3) is 7.48. The Kier molecular flexibility index (Phi) is 9.35. The van der Waals surface area contributed by atoms with Gasteiger partial charge < -0.3 is 9.47 Å². The van der Waals surface area contributed by atoms with Crippen molar-refractivity contribution in [1.82, 2.24) is 15.0 Å². The number of sulfonamides is 1. The van der Waals surface area contributed by atoms with E-state index in [1.165, 1.54) is 60.8 Å². The average Bonchev–Trinajstić information content (AvgIpc) is 2.97. The molecular weight excluding hydrogens is 618 g/mol. The van der Waals surface area contributed by atoms with Gasteiger partial charge in [0.2, 0.25) is 11.9 Å². The molecule has 0 radical (unpaired) electrons. The lowest BCUT2D eigenvalue weighted by Crippen LogP contribution is -2.26. The Labute approximate surface area is 248 Å². The number of rotatable bonds is 10. The summed E-state index contributed by atoms with van der Waals surface area (Å²) in [6.07, 6.45) is -0.902. The molecule has 4 rings (SSSR count). The summed E-state index contributed by atoms with van der Waals surface area (Å²) in [5.74, 6) is -2.10. The van der Waals surface area contributed by atoms with Crippen LogP contribution in [0.2, 0.25) is 5.02 Å². The summed E-state index contributed by atoms with van der Waals surface area (Å²) >= 11 is 6.55. The summed E-state index contributed by atoms with van der Waals surface area (Å²) in [6.45, 7) is -0.0952. The highest BCUT2D eigenvalue weighted by Gasteiger charge is 2.29. The van der Waals surface area contributed by atoms with E-state index in [9.17, 15) is 30.8 Å². The minimum atomic E-state index is -4.68. The van der Waals surface area contributed by atoms with Crippen LogP contribution in [0.3, 0.4) is 0 Å². The molecule has 0 unspecified atom stereocenters. The summed E-state index contributed by atoms with van der Waals surface area (Å²) in [4.78, 5) is 25.9. The summed E-state index contributed by atoms with van der Waals surface area (Å²) in [7, 11) is -2.79. The van der Waals surface area contributed by atoms with Crippen LogP contribution in [-0.2, 0) is 14.8 Å². The number of carbonyl (C=O) groups is 1. The molecule has 0 saturated heterocycles. The Morgan fingerprint density at radius 1 is 1.05 bits per heavy atom. The lowest BCUT2D eigenvalue weighted by molar-refractivity contribution is -0.153. The number of anilines is 3. The Hall–Kier alpha value is -4.50. The Morgan fingerprint density at radius 3 is 2.37 bits per heavy atom. The monoisotopic (exact) mass is 639 g/mol. The molecule has 0 aliphatic rings. The van der Waals surface area contributed by atoms with E-state index in [0.717, 1.165) is 18.3 Å². The van der Waals surface area contributed by atoms with E-state index in [0.29, 0.717) is 0 Å². The van der Waals surface area contributed by atoms with Crippen molar-refractivity contribution in [3.63, 3.8) is 0 Å². The fourth-order valence-electron chi connectivity index (χ4n) is 3.78. The van der Waals surface area contributed by atoms with Crippen LogP contribution in [0, 0.1) is 5.82 Å². The van der Waals surface area contributed by atoms with E-state index in [1.807, 2.05) is 0 Å². The van der Waals surface area contributed by atoms with Gasteiger partial charge in [0.1, 0.15) is 16.5 Å². The van der Waals surface area contributed by atoms with Gasteiger partial charge >= 0.3 is 6.18 Å². The molecule has 43 heavy (non-hydrogen) atoms. The van der Waals surface area contributed by atoms with Crippen molar-refractivity contribution >= 4 is 45.0 Å². The first kappa shape index (κ1) is 31.4. The van der Waals surface area contributed by atoms with Crippen LogP contribution >= 0.6 is 11.6 Å². The van der Waals surface area contributed by atoms with Crippen molar-refractivity contribution in [3.05, 3.63) is 78.0 Å². The maximum atomic E-state index is 14.2. The minimum absolute atomic E-state index is 0.00895. The largest absolute Gasteiger partial charge is 0.495 e. The second-order valence-electron chi connectivity index (χ2n) is 8.67. The van der Waals surface area contributed by atoms with Gasteiger partial charge in [-0.2, -0.15) is 13.2 Å². The molecule has 0 atom stereocenters. The molecule has 0 bridgehead atoms. The maximum absolute atomic E-state index is 14.2. The van der Waals surface area contributed by atoms with Crippen LogP contribution in [0.1, 0.15) is 13.3 Å². The molecule has 2 aromatic heterocycles. The molecule has 10 nitrogen and oxygen atoms in total. The van der Waals surface area contributed by atoms with E-state index < -0.39 is 40.3 Å². The van der Waals surface area contributed by atoms with Gasteiger partial charge in [-0.15, -0.1) is 0 Å². The van der Waals surface area contributed by atoms with E-state index in [1.54, 1.807) is 6.92 Å².